The quantitative estimate of drug-likeness (QED) is 0.178. The van der Waals surface area contributed by atoms with Gasteiger partial charge in [-0.2, -0.15) is 0 Å². The van der Waals surface area contributed by atoms with Gasteiger partial charge in [-0.25, -0.2) is 9.59 Å². The van der Waals surface area contributed by atoms with Crippen molar-refractivity contribution in [2.45, 2.75) is 63.8 Å². The van der Waals surface area contributed by atoms with Gasteiger partial charge in [0.05, 0.1) is 35.5 Å². The first-order valence-electron chi connectivity index (χ1n) is 14.6. The molecule has 0 spiro atoms. The molecule has 1 aromatic heterocycles. The van der Waals surface area contributed by atoms with Gasteiger partial charge in [0.25, 0.3) is 0 Å². The second-order valence-corrected chi connectivity index (χ2v) is 13.1. The number of esters is 1. The molecule has 0 saturated carbocycles. The van der Waals surface area contributed by atoms with Crippen molar-refractivity contribution in [3.05, 3.63) is 101 Å². The first kappa shape index (κ1) is 30.6. The molecule has 0 N–H and O–H groups in total. The lowest BCUT2D eigenvalue weighted by Crippen LogP contribution is -2.51. The van der Waals surface area contributed by atoms with Crippen molar-refractivity contribution in [3.8, 4) is 5.75 Å². The van der Waals surface area contributed by atoms with Crippen LogP contribution in [0.1, 0.15) is 72.1 Å². The van der Waals surface area contributed by atoms with Gasteiger partial charge in [-0.05, 0) is 94.0 Å². The predicted molar refractivity (Wildman–Crippen MR) is 169 cm³/mol. The third-order valence-electron chi connectivity index (χ3n) is 8.27. The van der Waals surface area contributed by atoms with Gasteiger partial charge in [-0.3, -0.25) is 9.47 Å². The van der Waals surface area contributed by atoms with E-state index in [1.54, 1.807) is 17.9 Å². The van der Waals surface area contributed by atoms with Crippen LogP contribution in [0, 0.1) is 6.92 Å². The molecule has 7 nitrogen and oxygen atoms in total. The number of aryl methyl sites for hydroxylation is 1. The zero-order valence-corrected chi connectivity index (χ0v) is 26.8. The summed E-state index contributed by atoms with van der Waals surface area (Å²) in [7, 11) is 7.37. The summed E-state index contributed by atoms with van der Waals surface area (Å²) in [6.45, 7) is 8.96. The zero-order chi connectivity index (χ0) is 30.9. The van der Waals surface area contributed by atoms with E-state index in [1.807, 2.05) is 70.2 Å². The fourth-order valence-corrected chi connectivity index (χ4v) is 6.78. The molecular formula is C35H39N2O5Si. The third kappa shape index (κ3) is 6.12. The van der Waals surface area contributed by atoms with Crippen molar-refractivity contribution in [2.75, 3.05) is 20.8 Å². The maximum Gasteiger partial charge on any atom is 0.419 e. The summed E-state index contributed by atoms with van der Waals surface area (Å²) in [5, 5.41) is 0.409. The van der Waals surface area contributed by atoms with Crippen molar-refractivity contribution in [1.29, 1.82) is 0 Å². The number of rotatable bonds is 6. The Morgan fingerprint density at radius 2 is 1.72 bits per heavy atom. The number of carbonyl (C=O) groups excluding carboxylic acids is 2. The normalized spacial score (nSPS) is 19.3. The lowest BCUT2D eigenvalue weighted by molar-refractivity contribution is 0.0542. The molecule has 43 heavy (non-hydrogen) atoms. The van der Waals surface area contributed by atoms with Crippen LogP contribution in [0.15, 0.2) is 72.9 Å². The van der Waals surface area contributed by atoms with Crippen LogP contribution in [0.25, 0.3) is 10.9 Å². The summed E-state index contributed by atoms with van der Waals surface area (Å²) < 4.78 is 18.2. The molecule has 1 aliphatic heterocycles. The largest absolute Gasteiger partial charge is 0.496 e. The highest BCUT2D eigenvalue weighted by Crippen LogP contribution is 2.44. The van der Waals surface area contributed by atoms with Crippen LogP contribution < -0.4 is 4.74 Å². The number of hydrogen-bond acceptors (Lipinski definition) is 6. The summed E-state index contributed by atoms with van der Waals surface area (Å²) in [6, 6.07) is 22.2. The Hall–Kier alpha value is -3.88. The number of methoxy groups -OCH3 is 2. The van der Waals surface area contributed by atoms with Crippen LogP contribution in [0.3, 0.4) is 0 Å². The molecule has 4 aromatic rings. The molecule has 1 aliphatic rings. The van der Waals surface area contributed by atoms with Crippen LogP contribution in [0.5, 0.6) is 5.75 Å². The maximum atomic E-state index is 13.2. The highest BCUT2D eigenvalue weighted by molar-refractivity contribution is 6.15. The smallest absolute Gasteiger partial charge is 0.419 e. The molecule has 0 unspecified atom stereocenters. The average molecular weight is 596 g/mol. The number of aromatic nitrogens is 1. The van der Waals surface area contributed by atoms with E-state index in [1.165, 1.54) is 12.7 Å². The second kappa shape index (κ2) is 12.0. The Labute approximate surface area is 257 Å². The van der Waals surface area contributed by atoms with Crippen LogP contribution >= 0.6 is 0 Å². The van der Waals surface area contributed by atoms with Crippen molar-refractivity contribution >= 4 is 33.2 Å². The van der Waals surface area contributed by atoms with Crippen LogP contribution in [0.4, 0.5) is 4.79 Å². The van der Waals surface area contributed by atoms with Gasteiger partial charge in [-0.15, -0.1) is 0 Å². The zero-order valence-electron chi connectivity index (χ0n) is 25.8. The van der Waals surface area contributed by atoms with Crippen LogP contribution in [-0.2, 0) is 21.2 Å². The molecule has 8 heteroatoms. The molecule has 2 heterocycles. The molecule has 0 aliphatic carbocycles. The minimum atomic E-state index is -0.612. The van der Waals surface area contributed by atoms with Gasteiger partial charge in [0.2, 0.25) is 0 Å². The fourth-order valence-electron chi connectivity index (χ4n) is 6.18. The SMILES string of the molecule is COC(=O)c1ccc([C@@]2([Si])C[C@H](c3ccccc3)CCN2Cc2c(OC)cc(C)c3c2ccn3C(=O)OC(C)(C)C)cc1. The van der Waals surface area contributed by atoms with Crippen molar-refractivity contribution < 1.29 is 23.8 Å². The highest BCUT2D eigenvalue weighted by Gasteiger charge is 2.41. The molecule has 0 amide bonds. The van der Waals surface area contributed by atoms with E-state index in [0.29, 0.717) is 18.0 Å². The Morgan fingerprint density at radius 1 is 1.02 bits per heavy atom. The third-order valence-corrected chi connectivity index (χ3v) is 9.08. The van der Waals surface area contributed by atoms with Gasteiger partial charge in [-0.1, -0.05) is 42.5 Å². The Morgan fingerprint density at radius 3 is 2.35 bits per heavy atom. The number of likely N-dealkylation sites (tertiary alicyclic amines) is 1. The number of piperidine rings is 1. The lowest BCUT2D eigenvalue weighted by atomic mass is 9.81. The van der Waals surface area contributed by atoms with Crippen LogP contribution in [0.2, 0.25) is 0 Å². The molecule has 3 radical (unpaired) electrons. The van der Waals surface area contributed by atoms with E-state index in [-0.39, 0.29) is 5.97 Å². The standard InChI is InChI=1S/C35H39N2O5Si/c1-23-20-30(40-5)29(28-17-19-37(31(23)28)33(39)42-34(2,3)4)22-36-18-16-26(24-10-8-7-9-11-24)21-35(36,43)27-14-12-25(13-15-27)32(38)41-6/h7-15,17,19-20,26H,16,18,21-22H2,1-6H3/t26-,35+/m1/s1. The number of ether oxygens (including phenoxy) is 3. The first-order valence-corrected chi connectivity index (χ1v) is 15.1. The molecule has 5 rings (SSSR count). The minimum absolute atomic E-state index is 0.336. The Balaban J connectivity index is 1.57. The topological polar surface area (TPSA) is 70.0 Å². The minimum Gasteiger partial charge on any atom is -0.496 e. The summed E-state index contributed by atoms with van der Waals surface area (Å²) >= 11 is 0. The number of hydrogen-bond donors (Lipinski definition) is 0. The van der Waals surface area contributed by atoms with Gasteiger partial charge in [0.1, 0.15) is 11.4 Å². The van der Waals surface area contributed by atoms with Crippen LogP contribution in [-0.4, -0.2) is 58.1 Å². The second-order valence-electron chi connectivity index (χ2n) is 12.3. The summed E-state index contributed by atoms with van der Waals surface area (Å²) in [5.74, 6) is 0.745. The fraction of sp³-hybridized carbons (Fsp3) is 0.371. The Bertz CT molecular complexity index is 1620. The summed E-state index contributed by atoms with van der Waals surface area (Å²) in [6.07, 6.45) is 3.17. The van der Waals surface area contributed by atoms with Gasteiger partial charge < -0.3 is 14.2 Å². The van der Waals surface area contributed by atoms with Gasteiger partial charge in [0.15, 0.2) is 0 Å². The number of nitrogens with zero attached hydrogens (tertiary/aromatic N) is 2. The highest BCUT2D eigenvalue weighted by atomic mass is 28.1. The lowest BCUT2D eigenvalue weighted by Gasteiger charge is -2.49. The monoisotopic (exact) mass is 595 g/mol. The summed E-state index contributed by atoms with van der Waals surface area (Å²) in [4.78, 5) is 27.8. The van der Waals surface area contributed by atoms with Crippen molar-refractivity contribution in [2.24, 2.45) is 0 Å². The number of fused-ring (bicyclic) bond motifs is 1. The molecule has 2 atom stereocenters. The van der Waals surface area contributed by atoms with Crippen molar-refractivity contribution in [1.82, 2.24) is 9.47 Å². The van der Waals surface area contributed by atoms with E-state index in [2.05, 4.69) is 39.4 Å². The molecule has 3 aromatic carbocycles. The molecular weight excluding hydrogens is 556 g/mol. The molecule has 0 bridgehead atoms. The number of carbonyl (C=O) groups is 2. The van der Waals surface area contributed by atoms with E-state index in [9.17, 15) is 9.59 Å². The van der Waals surface area contributed by atoms with Gasteiger partial charge >= 0.3 is 12.1 Å². The summed E-state index contributed by atoms with van der Waals surface area (Å²) in [5.41, 5.74) is 4.99. The molecule has 223 valence electrons. The van der Waals surface area contributed by atoms with E-state index < -0.39 is 16.9 Å². The van der Waals surface area contributed by atoms with Gasteiger partial charge in [0, 0.05) is 28.9 Å². The average Bonchev–Trinajstić information content (AvgIpc) is 3.45. The maximum absolute atomic E-state index is 13.2. The van der Waals surface area contributed by atoms with E-state index in [4.69, 9.17) is 14.2 Å². The predicted octanol–water partition coefficient (Wildman–Crippen LogP) is 6.93. The number of benzene rings is 3. The Kier molecular flexibility index (Phi) is 8.54. The van der Waals surface area contributed by atoms with Crippen molar-refractivity contribution in [3.63, 3.8) is 0 Å². The van der Waals surface area contributed by atoms with E-state index >= 15 is 0 Å². The molecule has 1 saturated heterocycles. The molecule has 1 fully saturated rings. The van der Waals surface area contributed by atoms with E-state index in [0.717, 1.165) is 52.7 Å². The first-order chi connectivity index (χ1) is 20.4.